The van der Waals surface area contributed by atoms with Gasteiger partial charge in [-0.25, -0.2) is 4.21 Å². The van der Waals surface area contributed by atoms with Gasteiger partial charge < -0.3 is 10.2 Å². The number of rotatable bonds is 4. The summed E-state index contributed by atoms with van der Waals surface area (Å²) in [4.78, 5) is 28.4. The van der Waals surface area contributed by atoms with Crippen LogP contribution in [0.2, 0.25) is 0 Å². The van der Waals surface area contributed by atoms with E-state index in [2.05, 4.69) is 5.32 Å². The van der Waals surface area contributed by atoms with Crippen molar-refractivity contribution >= 4 is 39.9 Å². The van der Waals surface area contributed by atoms with Gasteiger partial charge in [0, 0.05) is 18.7 Å². The van der Waals surface area contributed by atoms with E-state index in [9.17, 15) is 13.8 Å². The molecule has 1 N–H and O–H groups in total. The fourth-order valence-corrected chi connectivity index (χ4v) is 4.85. The third-order valence-corrected chi connectivity index (χ3v) is 6.66. The second-order valence-corrected chi connectivity index (χ2v) is 8.79. The topological polar surface area (TPSA) is 101 Å². The number of hydrogen-bond donors (Lipinski definition) is 1. The van der Waals surface area contributed by atoms with E-state index in [1.54, 1.807) is 47.4 Å². The van der Waals surface area contributed by atoms with E-state index in [0.29, 0.717) is 39.7 Å². The molecule has 1 aliphatic heterocycles. The van der Waals surface area contributed by atoms with Crippen LogP contribution in [0.4, 0.5) is 5.69 Å². The summed E-state index contributed by atoms with van der Waals surface area (Å²) < 4.78 is 29.8. The summed E-state index contributed by atoms with van der Waals surface area (Å²) in [5, 5.41) is 2.91. The van der Waals surface area contributed by atoms with E-state index in [4.69, 9.17) is 8.42 Å². The van der Waals surface area contributed by atoms with Crippen LogP contribution in [0.3, 0.4) is 0 Å². The summed E-state index contributed by atoms with van der Waals surface area (Å²) in [5.41, 5.74) is 3.54. The first-order valence-electron chi connectivity index (χ1n) is 10.1. The molecule has 0 aromatic heterocycles. The molecule has 7 nitrogen and oxygen atoms in total. The zero-order chi connectivity index (χ0) is 24.0. The highest BCUT2D eigenvalue weighted by Gasteiger charge is 2.30. The van der Waals surface area contributed by atoms with Gasteiger partial charge in [0.15, 0.2) is 0 Å². The summed E-state index contributed by atoms with van der Waals surface area (Å²) in [6.07, 6.45) is 0. The van der Waals surface area contributed by atoms with Gasteiger partial charge in [0.1, 0.15) is 0 Å². The predicted octanol–water partition coefficient (Wildman–Crippen LogP) is 3.40. The Balaban J connectivity index is 0.000000968. The molecule has 0 saturated heterocycles. The lowest BCUT2D eigenvalue weighted by atomic mass is 10.1. The maximum absolute atomic E-state index is 13.2. The number of amides is 2. The molecular formula is C24H22N2O5S2. The van der Waals surface area contributed by atoms with Crippen LogP contribution in [0, 0.1) is 6.92 Å². The summed E-state index contributed by atoms with van der Waals surface area (Å²) in [7, 11) is -1.50. The van der Waals surface area contributed by atoms with Gasteiger partial charge in [0.25, 0.3) is 11.8 Å². The van der Waals surface area contributed by atoms with Crippen molar-refractivity contribution in [2.75, 3.05) is 11.4 Å². The molecule has 2 amide bonds. The first-order valence-corrected chi connectivity index (χ1v) is 11.9. The van der Waals surface area contributed by atoms with Gasteiger partial charge in [-0.1, -0.05) is 42.0 Å². The van der Waals surface area contributed by atoms with Gasteiger partial charge >= 0.3 is 11.6 Å². The number of nitrogens with zero attached hydrogens (tertiary/aromatic N) is 1. The normalized spacial score (nSPS) is 14.2. The highest BCUT2D eigenvalue weighted by atomic mass is 32.2. The Bertz CT molecular complexity index is 1250. The van der Waals surface area contributed by atoms with Crippen LogP contribution in [0.1, 0.15) is 38.8 Å². The largest absolute Gasteiger partial charge is 0.348 e. The van der Waals surface area contributed by atoms with Crippen molar-refractivity contribution in [3.63, 3.8) is 0 Å². The minimum absolute atomic E-state index is 0.211. The Morgan fingerprint density at radius 1 is 1.00 bits per heavy atom. The van der Waals surface area contributed by atoms with Crippen molar-refractivity contribution in [2.24, 2.45) is 0 Å². The number of benzene rings is 3. The zero-order valence-electron chi connectivity index (χ0n) is 18.1. The number of fused-ring (bicyclic) bond motifs is 2. The maximum atomic E-state index is 13.2. The first-order chi connectivity index (χ1) is 15.9. The first kappa shape index (κ1) is 24.2. The minimum atomic E-state index is -1.50. The highest BCUT2D eigenvalue weighted by molar-refractivity contribution is 7.85. The number of hydrogen-bond acceptors (Lipinski definition) is 5. The van der Waals surface area contributed by atoms with Crippen molar-refractivity contribution in [3.05, 3.63) is 89.0 Å². The standard InChI is InChI=1S/C24H22N2O3S.O2S/c1-3-26-20-14-18(23(27)25-15-17-10-8-16(2)9-11-17)12-13-22(20)30(29)21-7-5-4-6-19(21)24(26)28;1-3-2/h4-14H,3,15H2,1-2H3,(H,25,27);. The van der Waals surface area contributed by atoms with E-state index in [1.165, 1.54) is 0 Å². The smallest absolute Gasteiger partial charge is 0.335 e. The molecular weight excluding hydrogens is 460 g/mol. The average Bonchev–Trinajstić information content (AvgIpc) is 2.92. The van der Waals surface area contributed by atoms with Gasteiger partial charge in [-0.2, -0.15) is 8.42 Å². The molecule has 9 heteroatoms. The quantitative estimate of drug-likeness (QED) is 0.614. The van der Waals surface area contributed by atoms with Crippen molar-refractivity contribution in [1.82, 2.24) is 5.32 Å². The molecule has 3 aromatic rings. The second kappa shape index (κ2) is 10.9. The highest BCUT2D eigenvalue weighted by Crippen LogP contribution is 2.35. The fourth-order valence-electron chi connectivity index (χ4n) is 3.51. The van der Waals surface area contributed by atoms with Crippen LogP contribution in [0.5, 0.6) is 0 Å². The Hall–Kier alpha value is -3.43. The van der Waals surface area contributed by atoms with Gasteiger partial charge in [0.05, 0.1) is 31.8 Å². The summed E-state index contributed by atoms with van der Waals surface area (Å²) in [6, 6.07) is 19.9. The summed E-state index contributed by atoms with van der Waals surface area (Å²) in [6.45, 7) is 4.69. The van der Waals surface area contributed by atoms with Gasteiger partial charge in [-0.05, 0) is 49.7 Å². The lowest BCUT2D eigenvalue weighted by molar-refractivity contribution is 0.0947. The Morgan fingerprint density at radius 3 is 2.33 bits per heavy atom. The molecule has 0 aliphatic carbocycles. The Kier molecular flexibility index (Phi) is 8.02. The second-order valence-electron chi connectivity index (χ2n) is 7.23. The lowest BCUT2D eigenvalue weighted by Crippen LogP contribution is -2.31. The molecule has 1 unspecified atom stereocenters. The van der Waals surface area contributed by atoms with Crippen molar-refractivity contribution in [2.45, 2.75) is 30.2 Å². The lowest BCUT2D eigenvalue weighted by Gasteiger charge is -2.21. The van der Waals surface area contributed by atoms with Crippen LogP contribution in [0.25, 0.3) is 0 Å². The van der Waals surface area contributed by atoms with E-state index < -0.39 is 22.4 Å². The van der Waals surface area contributed by atoms with Gasteiger partial charge in [-0.15, -0.1) is 0 Å². The van der Waals surface area contributed by atoms with Crippen molar-refractivity contribution < 1.29 is 22.2 Å². The van der Waals surface area contributed by atoms with E-state index >= 15 is 0 Å². The molecule has 1 aliphatic rings. The summed E-state index contributed by atoms with van der Waals surface area (Å²) in [5.74, 6) is -0.452. The van der Waals surface area contributed by atoms with Crippen molar-refractivity contribution in [3.8, 4) is 0 Å². The average molecular weight is 483 g/mol. The predicted molar refractivity (Wildman–Crippen MR) is 126 cm³/mol. The molecule has 1 heterocycles. The number of nitrogens with one attached hydrogen (secondary N) is 1. The SMILES string of the molecule is CCN1C(=O)c2ccccc2S(=O)c2ccc(C(=O)NCc3ccc(C)cc3)cc21.O=S=O. The van der Waals surface area contributed by atoms with Gasteiger partial charge in [0.2, 0.25) is 0 Å². The Labute approximate surface area is 197 Å². The third kappa shape index (κ3) is 5.32. The number of carbonyl (C=O) groups is 2. The maximum Gasteiger partial charge on any atom is 0.335 e. The molecule has 0 fully saturated rings. The van der Waals surface area contributed by atoms with E-state index in [-0.39, 0.29) is 11.8 Å². The number of aryl methyl sites for hydroxylation is 1. The van der Waals surface area contributed by atoms with E-state index in [0.717, 1.165) is 11.1 Å². The number of carbonyl (C=O) groups excluding carboxylic acids is 2. The number of anilines is 1. The Morgan fingerprint density at radius 2 is 1.67 bits per heavy atom. The van der Waals surface area contributed by atoms with Crippen LogP contribution in [0.15, 0.2) is 76.5 Å². The molecule has 170 valence electrons. The molecule has 3 aromatic carbocycles. The fraction of sp³-hybridized carbons (Fsp3) is 0.167. The van der Waals surface area contributed by atoms with Crippen molar-refractivity contribution in [1.29, 1.82) is 0 Å². The molecule has 0 saturated carbocycles. The van der Waals surface area contributed by atoms with Crippen LogP contribution in [-0.2, 0) is 28.9 Å². The zero-order valence-corrected chi connectivity index (χ0v) is 19.7. The molecule has 0 radical (unpaired) electrons. The molecule has 0 spiro atoms. The molecule has 1 atom stereocenters. The van der Waals surface area contributed by atoms with Crippen LogP contribution in [-0.4, -0.2) is 31.0 Å². The third-order valence-electron chi connectivity index (χ3n) is 5.16. The van der Waals surface area contributed by atoms with Crippen LogP contribution >= 0.6 is 0 Å². The monoisotopic (exact) mass is 482 g/mol. The molecule has 33 heavy (non-hydrogen) atoms. The van der Waals surface area contributed by atoms with Crippen LogP contribution < -0.4 is 10.2 Å². The minimum Gasteiger partial charge on any atom is -0.348 e. The molecule has 4 rings (SSSR count). The van der Waals surface area contributed by atoms with E-state index in [1.807, 2.05) is 38.1 Å². The molecule has 0 bridgehead atoms. The summed E-state index contributed by atoms with van der Waals surface area (Å²) >= 11 is -0.750. The van der Waals surface area contributed by atoms with Gasteiger partial charge in [-0.3, -0.25) is 9.59 Å².